The first-order valence-corrected chi connectivity index (χ1v) is 7.38. The van der Waals surface area contributed by atoms with E-state index in [9.17, 15) is 4.79 Å². The number of benzene rings is 1. The van der Waals surface area contributed by atoms with Crippen molar-refractivity contribution in [2.45, 2.75) is 18.8 Å². The summed E-state index contributed by atoms with van der Waals surface area (Å²) in [6.07, 6.45) is 0. The highest BCUT2D eigenvalue weighted by Gasteiger charge is 2.14. The zero-order valence-corrected chi connectivity index (χ0v) is 11.9. The van der Waals surface area contributed by atoms with Crippen molar-refractivity contribution in [1.29, 1.82) is 0 Å². The fourth-order valence-electron chi connectivity index (χ4n) is 2.15. The highest BCUT2D eigenvalue weighted by atomic mass is 35.5. The van der Waals surface area contributed by atoms with Gasteiger partial charge in [0.05, 0.1) is 10.9 Å². The number of halogens is 1. The monoisotopic (exact) mass is 293 g/mol. The van der Waals surface area contributed by atoms with Crippen LogP contribution in [0.4, 0.5) is 0 Å². The number of thiophene rings is 1. The van der Waals surface area contributed by atoms with E-state index in [4.69, 9.17) is 16.0 Å². The molecule has 98 valence electrons. The molecule has 0 saturated heterocycles. The van der Waals surface area contributed by atoms with E-state index in [0.717, 1.165) is 16.6 Å². The zero-order valence-electron chi connectivity index (χ0n) is 10.3. The maximum absolute atomic E-state index is 11.6. The lowest BCUT2D eigenvalue weighted by Gasteiger charge is -2.07. The lowest BCUT2D eigenvalue weighted by Crippen LogP contribution is -2.11. The lowest BCUT2D eigenvalue weighted by atomic mass is 10.1. The molecular formula is C14H12ClNO2S. The molecule has 0 aliphatic rings. The van der Waals surface area contributed by atoms with Gasteiger partial charge in [0.1, 0.15) is 0 Å². The Morgan fingerprint density at radius 1 is 1.37 bits per heavy atom. The van der Waals surface area contributed by atoms with E-state index in [2.05, 4.69) is 0 Å². The Morgan fingerprint density at radius 3 is 2.89 bits per heavy atom. The Hall–Kier alpha value is -1.52. The molecule has 19 heavy (non-hydrogen) atoms. The quantitative estimate of drug-likeness (QED) is 0.684. The van der Waals surface area contributed by atoms with E-state index >= 15 is 0 Å². The normalized spacial score (nSPS) is 12.9. The summed E-state index contributed by atoms with van der Waals surface area (Å²) in [6.45, 7) is 2.51. The van der Waals surface area contributed by atoms with Crippen molar-refractivity contribution in [2.75, 3.05) is 0 Å². The predicted octanol–water partition coefficient (Wildman–Crippen LogP) is 4.00. The van der Waals surface area contributed by atoms with Gasteiger partial charge in [-0.25, -0.2) is 4.79 Å². The summed E-state index contributed by atoms with van der Waals surface area (Å²) in [5.41, 5.74) is 3.39. The minimum Gasteiger partial charge on any atom is -0.408 e. The molecule has 3 rings (SSSR count). The molecule has 5 heteroatoms. The molecule has 1 unspecified atom stereocenters. The smallest absolute Gasteiger partial charge is 0.408 e. The number of fused-ring (bicyclic) bond motifs is 1. The topological polar surface area (TPSA) is 35.1 Å². The van der Waals surface area contributed by atoms with Gasteiger partial charge in [0.25, 0.3) is 0 Å². The summed E-state index contributed by atoms with van der Waals surface area (Å²) in [5, 5.41) is 3.80. The third-order valence-corrected chi connectivity index (χ3v) is 4.34. The van der Waals surface area contributed by atoms with E-state index in [1.54, 1.807) is 15.9 Å². The average Bonchev–Trinajstić information content (AvgIpc) is 3.03. The maximum Gasteiger partial charge on any atom is 0.419 e. The number of aryl methyl sites for hydroxylation is 1. The van der Waals surface area contributed by atoms with E-state index in [0.29, 0.717) is 12.1 Å². The van der Waals surface area contributed by atoms with Gasteiger partial charge in [-0.05, 0) is 47.0 Å². The van der Waals surface area contributed by atoms with Gasteiger partial charge in [-0.3, -0.25) is 4.57 Å². The van der Waals surface area contributed by atoms with Gasteiger partial charge in [-0.15, -0.1) is 11.6 Å². The Kier molecular flexibility index (Phi) is 3.21. The van der Waals surface area contributed by atoms with Gasteiger partial charge in [0.2, 0.25) is 0 Å². The Bertz CT molecular complexity index is 757. The second-order valence-corrected chi connectivity index (χ2v) is 5.48. The Labute approximate surface area is 119 Å². The number of hydrogen-bond acceptors (Lipinski definition) is 3. The van der Waals surface area contributed by atoms with Gasteiger partial charge >= 0.3 is 5.76 Å². The first-order valence-electron chi connectivity index (χ1n) is 6.00. The van der Waals surface area contributed by atoms with Gasteiger partial charge in [0.15, 0.2) is 5.58 Å². The standard InChI is InChI=1S/C14H12ClNO2S/c1-2-16-11-4-3-9(7-12(11)18-14(16)17)13(15)10-5-6-19-8-10/h3-8,13H,2H2,1H3. The molecule has 3 aromatic rings. The van der Waals surface area contributed by atoms with E-state index in [1.165, 1.54) is 0 Å². The van der Waals surface area contributed by atoms with E-state index in [-0.39, 0.29) is 11.1 Å². The summed E-state index contributed by atoms with van der Waals surface area (Å²) in [7, 11) is 0. The number of hydrogen-bond donors (Lipinski definition) is 0. The second kappa shape index (κ2) is 4.87. The molecule has 0 saturated carbocycles. The van der Waals surface area contributed by atoms with Crippen molar-refractivity contribution in [1.82, 2.24) is 4.57 Å². The second-order valence-electron chi connectivity index (χ2n) is 4.26. The fraction of sp³-hybridized carbons (Fsp3) is 0.214. The summed E-state index contributed by atoms with van der Waals surface area (Å²) in [4.78, 5) is 11.6. The maximum atomic E-state index is 11.6. The summed E-state index contributed by atoms with van der Waals surface area (Å²) < 4.78 is 6.85. The third-order valence-electron chi connectivity index (χ3n) is 3.14. The van der Waals surface area contributed by atoms with Crippen LogP contribution < -0.4 is 5.76 Å². The van der Waals surface area contributed by atoms with Gasteiger partial charge < -0.3 is 4.42 Å². The SMILES string of the molecule is CCn1c(=O)oc2cc(C(Cl)c3ccsc3)ccc21. The van der Waals surface area contributed by atoms with Gasteiger partial charge in [-0.1, -0.05) is 6.07 Å². The van der Waals surface area contributed by atoms with Crippen molar-refractivity contribution < 1.29 is 4.42 Å². The Morgan fingerprint density at radius 2 is 2.21 bits per heavy atom. The Balaban J connectivity index is 2.10. The van der Waals surface area contributed by atoms with Crippen LogP contribution in [0, 0.1) is 0 Å². The van der Waals surface area contributed by atoms with Gasteiger partial charge in [-0.2, -0.15) is 11.3 Å². The molecule has 0 aliphatic carbocycles. The van der Waals surface area contributed by atoms with Crippen molar-refractivity contribution in [2.24, 2.45) is 0 Å². The number of oxazole rings is 1. The highest BCUT2D eigenvalue weighted by molar-refractivity contribution is 7.08. The molecule has 3 nitrogen and oxygen atoms in total. The number of rotatable bonds is 3. The number of alkyl halides is 1. The van der Waals surface area contributed by atoms with Crippen LogP contribution in [0.2, 0.25) is 0 Å². The predicted molar refractivity (Wildman–Crippen MR) is 78.2 cm³/mol. The van der Waals surface area contributed by atoms with Crippen LogP contribution in [-0.4, -0.2) is 4.57 Å². The summed E-state index contributed by atoms with van der Waals surface area (Å²) >= 11 is 8.05. The molecular weight excluding hydrogens is 282 g/mol. The van der Waals surface area contributed by atoms with Gasteiger partial charge in [0, 0.05) is 6.54 Å². The van der Waals surface area contributed by atoms with Crippen LogP contribution >= 0.6 is 22.9 Å². The molecule has 0 amide bonds. The van der Waals surface area contributed by atoms with Crippen LogP contribution in [0.3, 0.4) is 0 Å². The minimum absolute atomic E-state index is 0.217. The molecule has 0 radical (unpaired) electrons. The largest absolute Gasteiger partial charge is 0.419 e. The average molecular weight is 294 g/mol. The van der Waals surface area contributed by atoms with Crippen LogP contribution in [0.25, 0.3) is 11.1 Å². The van der Waals surface area contributed by atoms with Crippen LogP contribution in [0.15, 0.2) is 44.2 Å². The molecule has 2 aromatic heterocycles. The van der Waals surface area contributed by atoms with E-state index < -0.39 is 0 Å². The first-order chi connectivity index (χ1) is 9.20. The minimum atomic E-state index is -0.323. The highest BCUT2D eigenvalue weighted by Crippen LogP contribution is 2.31. The lowest BCUT2D eigenvalue weighted by molar-refractivity contribution is 0.513. The summed E-state index contributed by atoms with van der Waals surface area (Å²) in [5.74, 6) is -0.323. The number of nitrogens with zero attached hydrogens (tertiary/aromatic N) is 1. The van der Waals surface area contributed by atoms with Crippen molar-refractivity contribution >= 4 is 34.0 Å². The van der Waals surface area contributed by atoms with Crippen LogP contribution in [-0.2, 0) is 6.54 Å². The first kappa shape index (κ1) is 12.5. The molecule has 2 heterocycles. The molecule has 0 fully saturated rings. The molecule has 0 aliphatic heterocycles. The van der Waals surface area contributed by atoms with Crippen molar-refractivity contribution in [3.63, 3.8) is 0 Å². The molecule has 1 atom stereocenters. The third kappa shape index (κ3) is 2.11. The number of aromatic nitrogens is 1. The van der Waals surface area contributed by atoms with Crippen molar-refractivity contribution in [3.8, 4) is 0 Å². The molecule has 0 N–H and O–H groups in total. The van der Waals surface area contributed by atoms with Crippen molar-refractivity contribution in [3.05, 3.63) is 56.7 Å². The molecule has 0 bridgehead atoms. The molecule has 1 aromatic carbocycles. The van der Waals surface area contributed by atoms with Crippen LogP contribution in [0.5, 0.6) is 0 Å². The van der Waals surface area contributed by atoms with Crippen LogP contribution in [0.1, 0.15) is 23.4 Å². The fourth-order valence-corrected chi connectivity index (χ4v) is 3.18. The molecule has 0 spiro atoms. The summed E-state index contributed by atoms with van der Waals surface area (Å²) in [6, 6.07) is 7.68. The van der Waals surface area contributed by atoms with E-state index in [1.807, 2.05) is 41.9 Å². The zero-order chi connectivity index (χ0) is 13.4.